The highest BCUT2D eigenvalue weighted by molar-refractivity contribution is 5.88. The van der Waals surface area contributed by atoms with E-state index in [-0.39, 0.29) is 24.9 Å². The molecule has 0 spiro atoms. The highest BCUT2D eigenvalue weighted by Gasteiger charge is 2.42. The summed E-state index contributed by atoms with van der Waals surface area (Å²) >= 11 is 0. The van der Waals surface area contributed by atoms with E-state index in [0.717, 1.165) is 35.6 Å². The Labute approximate surface area is 224 Å². The Morgan fingerprint density at radius 1 is 1.11 bits per heavy atom. The minimum absolute atomic E-state index is 0.0417. The molecule has 8 heteroatoms. The number of nitrogens with zero attached hydrogens (tertiary/aromatic N) is 1. The first kappa shape index (κ1) is 26.1. The third kappa shape index (κ3) is 4.96. The molecule has 38 heavy (non-hydrogen) atoms. The van der Waals surface area contributed by atoms with Crippen molar-refractivity contribution in [1.82, 2.24) is 10.2 Å². The van der Waals surface area contributed by atoms with Crippen LogP contribution in [-0.2, 0) is 11.2 Å². The largest absolute Gasteiger partial charge is 0.493 e. The smallest absolute Gasteiger partial charge is 0.407 e. The number of hydrogen-bond donors (Lipinski definition) is 1. The second-order valence-electron chi connectivity index (χ2n) is 12.0. The van der Waals surface area contributed by atoms with Crippen molar-refractivity contribution in [2.75, 3.05) is 33.6 Å². The summed E-state index contributed by atoms with van der Waals surface area (Å²) in [7, 11) is 1.66. The lowest BCUT2D eigenvalue weighted by Gasteiger charge is -2.48. The fourth-order valence-corrected chi connectivity index (χ4v) is 5.51. The SMILES string of the molecule is COc1ccc2c(c1OCCNC(=O)OC(C)(C)C)[C@@H](C(C)(C)C)N1CCc3cc4c(cc3C1=C2)OCO4. The van der Waals surface area contributed by atoms with Gasteiger partial charge in [0, 0.05) is 23.4 Å². The van der Waals surface area contributed by atoms with Gasteiger partial charge in [0.25, 0.3) is 0 Å². The van der Waals surface area contributed by atoms with Gasteiger partial charge in [0.15, 0.2) is 23.0 Å². The van der Waals surface area contributed by atoms with Crippen molar-refractivity contribution in [3.05, 3.63) is 46.5 Å². The number of methoxy groups -OCH3 is 1. The number of ether oxygens (including phenoxy) is 5. The molecule has 2 aromatic rings. The third-order valence-corrected chi connectivity index (χ3v) is 6.93. The predicted octanol–water partition coefficient (Wildman–Crippen LogP) is 5.78. The molecule has 0 radical (unpaired) electrons. The van der Waals surface area contributed by atoms with Crippen molar-refractivity contribution in [2.24, 2.45) is 5.41 Å². The van der Waals surface area contributed by atoms with E-state index in [4.69, 9.17) is 23.7 Å². The molecule has 0 saturated heterocycles. The minimum Gasteiger partial charge on any atom is -0.493 e. The molecule has 3 aliphatic heterocycles. The lowest BCUT2D eigenvalue weighted by atomic mass is 9.75. The molecule has 1 N–H and O–H groups in total. The molecule has 3 heterocycles. The van der Waals surface area contributed by atoms with Gasteiger partial charge >= 0.3 is 6.09 Å². The maximum Gasteiger partial charge on any atom is 0.407 e. The molecule has 8 nitrogen and oxygen atoms in total. The van der Waals surface area contributed by atoms with Crippen LogP contribution >= 0.6 is 0 Å². The van der Waals surface area contributed by atoms with Gasteiger partial charge in [-0.1, -0.05) is 26.8 Å². The number of carbonyl (C=O) groups is 1. The summed E-state index contributed by atoms with van der Waals surface area (Å²) in [6, 6.07) is 8.33. The normalized spacial score (nSPS) is 17.6. The summed E-state index contributed by atoms with van der Waals surface area (Å²) in [6.45, 7) is 14.0. The molecule has 3 aliphatic rings. The highest BCUT2D eigenvalue weighted by Crippen LogP contribution is 2.54. The van der Waals surface area contributed by atoms with Gasteiger partial charge in [-0.05, 0) is 68.0 Å². The van der Waals surface area contributed by atoms with E-state index >= 15 is 0 Å². The third-order valence-electron chi connectivity index (χ3n) is 6.93. The molecule has 0 aromatic heterocycles. The molecule has 204 valence electrons. The van der Waals surface area contributed by atoms with Crippen LogP contribution in [0, 0.1) is 5.41 Å². The number of carbonyl (C=O) groups excluding carboxylic acids is 1. The van der Waals surface area contributed by atoms with E-state index < -0.39 is 11.7 Å². The van der Waals surface area contributed by atoms with Crippen LogP contribution in [0.2, 0.25) is 0 Å². The Hall–Kier alpha value is -3.55. The maximum atomic E-state index is 12.1. The van der Waals surface area contributed by atoms with Crippen LogP contribution in [0.5, 0.6) is 23.0 Å². The number of alkyl carbamates (subject to hydrolysis) is 1. The summed E-state index contributed by atoms with van der Waals surface area (Å²) in [5.41, 5.74) is 5.16. The second-order valence-corrected chi connectivity index (χ2v) is 12.0. The van der Waals surface area contributed by atoms with E-state index in [9.17, 15) is 4.79 Å². The number of hydrogen-bond acceptors (Lipinski definition) is 7. The van der Waals surface area contributed by atoms with Crippen LogP contribution in [-0.4, -0.2) is 50.2 Å². The second kappa shape index (κ2) is 9.64. The van der Waals surface area contributed by atoms with Crippen LogP contribution < -0.4 is 24.3 Å². The molecule has 0 unspecified atom stereocenters. The zero-order chi connectivity index (χ0) is 27.2. The van der Waals surface area contributed by atoms with Crippen LogP contribution in [0.25, 0.3) is 11.8 Å². The first-order valence-electron chi connectivity index (χ1n) is 13.2. The molecule has 0 saturated carbocycles. The Balaban J connectivity index is 1.50. The van der Waals surface area contributed by atoms with Crippen molar-refractivity contribution >= 4 is 17.9 Å². The molecule has 5 rings (SSSR count). The zero-order valence-corrected chi connectivity index (χ0v) is 23.4. The molecular formula is C30H38N2O6. The van der Waals surface area contributed by atoms with Crippen LogP contribution in [0.4, 0.5) is 4.79 Å². The lowest BCUT2D eigenvalue weighted by molar-refractivity contribution is 0.0519. The molecule has 2 aromatic carbocycles. The van der Waals surface area contributed by atoms with Crippen molar-refractivity contribution < 1.29 is 28.5 Å². The van der Waals surface area contributed by atoms with Crippen molar-refractivity contribution in [3.8, 4) is 23.0 Å². The van der Waals surface area contributed by atoms with Crippen LogP contribution in [0.15, 0.2) is 24.3 Å². The fraction of sp³-hybridized carbons (Fsp3) is 0.500. The zero-order valence-electron chi connectivity index (χ0n) is 23.4. The Morgan fingerprint density at radius 3 is 2.53 bits per heavy atom. The first-order valence-corrected chi connectivity index (χ1v) is 13.2. The van der Waals surface area contributed by atoms with Crippen molar-refractivity contribution in [3.63, 3.8) is 0 Å². The van der Waals surface area contributed by atoms with E-state index in [1.54, 1.807) is 7.11 Å². The van der Waals surface area contributed by atoms with E-state index in [1.165, 1.54) is 16.8 Å². The summed E-state index contributed by atoms with van der Waals surface area (Å²) in [5, 5.41) is 2.77. The topological polar surface area (TPSA) is 78.5 Å². The number of rotatable bonds is 5. The Morgan fingerprint density at radius 2 is 1.84 bits per heavy atom. The van der Waals surface area contributed by atoms with E-state index in [1.807, 2.05) is 26.8 Å². The number of amides is 1. The molecule has 1 amide bonds. The Kier molecular flexibility index (Phi) is 6.61. The maximum absolute atomic E-state index is 12.1. The number of nitrogens with one attached hydrogen (secondary N) is 1. The highest BCUT2D eigenvalue weighted by atomic mass is 16.7. The van der Waals surface area contributed by atoms with Gasteiger partial charge in [-0.25, -0.2) is 4.79 Å². The van der Waals surface area contributed by atoms with Crippen LogP contribution in [0.3, 0.4) is 0 Å². The predicted molar refractivity (Wildman–Crippen MR) is 146 cm³/mol. The van der Waals surface area contributed by atoms with Gasteiger partial charge < -0.3 is 33.9 Å². The number of benzene rings is 2. The molecular weight excluding hydrogens is 484 g/mol. The average Bonchev–Trinajstić information content (AvgIpc) is 3.29. The van der Waals surface area contributed by atoms with Gasteiger partial charge in [-0.2, -0.15) is 0 Å². The lowest BCUT2D eigenvalue weighted by Crippen LogP contribution is -2.41. The summed E-state index contributed by atoms with van der Waals surface area (Å²) in [4.78, 5) is 14.6. The molecule has 0 fully saturated rings. The van der Waals surface area contributed by atoms with Gasteiger partial charge in [0.05, 0.1) is 19.7 Å². The summed E-state index contributed by atoms with van der Waals surface area (Å²) < 4.78 is 28.8. The van der Waals surface area contributed by atoms with Gasteiger partial charge in [0.1, 0.15) is 12.2 Å². The van der Waals surface area contributed by atoms with Crippen LogP contribution in [0.1, 0.15) is 69.8 Å². The standard InChI is InChI=1S/C30H38N2O6/c1-29(2,3)27-25-19(8-9-22(34-7)26(25)35-13-11-31-28(33)38-30(4,5)6)14-21-20-16-24-23(36-17-37-24)15-18(20)10-12-32(21)27/h8-9,14-16,27H,10-13,17H2,1-7H3,(H,31,33)/t27-/m0/s1. The quantitative estimate of drug-likeness (QED) is 0.499. The first-order chi connectivity index (χ1) is 18.0. The van der Waals surface area contributed by atoms with Gasteiger partial charge in [-0.3, -0.25) is 0 Å². The molecule has 1 atom stereocenters. The Bertz CT molecular complexity index is 1270. The van der Waals surface area contributed by atoms with Gasteiger partial charge in [0.2, 0.25) is 6.79 Å². The van der Waals surface area contributed by atoms with Crippen molar-refractivity contribution in [2.45, 2.75) is 59.6 Å². The summed E-state index contributed by atoms with van der Waals surface area (Å²) in [5.74, 6) is 3.00. The fourth-order valence-electron chi connectivity index (χ4n) is 5.51. The molecule has 0 bridgehead atoms. The molecule has 0 aliphatic carbocycles. The van der Waals surface area contributed by atoms with E-state index in [0.29, 0.717) is 18.0 Å². The number of fused-ring (bicyclic) bond motifs is 5. The van der Waals surface area contributed by atoms with E-state index in [2.05, 4.69) is 55.3 Å². The average molecular weight is 523 g/mol. The van der Waals surface area contributed by atoms with Gasteiger partial charge in [-0.15, -0.1) is 0 Å². The minimum atomic E-state index is -0.553. The monoisotopic (exact) mass is 522 g/mol. The van der Waals surface area contributed by atoms with Crippen molar-refractivity contribution in [1.29, 1.82) is 0 Å². The summed E-state index contributed by atoms with van der Waals surface area (Å²) in [6.07, 6.45) is 2.69.